The molecule has 2 fully saturated rings. The number of halogens is 1. The lowest BCUT2D eigenvalue weighted by Crippen LogP contribution is -2.52. The number of nitrogens with one attached hydrogen (secondary N) is 1. The molecule has 2 aliphatic rings. The Kier molecular flexibility index (Phi) is 6.33. The van der Waals surface area contributed by atoms with Crippen LogP contribution in [0, 0.1) is 17.3 Å². The summed E-state index contributed by atoms with van der Waals surface area (Å²) in [7, 11) is 0. The van der Waals surface area contributed by atoms with Crippen molar-refractivity contribution in [1.82, 2.24) is 10.2 Å². The molecule has 0 spiro atoms. The van der Waals surface area contributed by atoms with Gasteiger partial charge in [0.25, 0.3) is 0 Å². The van der Waals surface area contributed by atoms with E-state index in [2.05, 4.69) is 37.9 Å². The van der Waals surface area contributed by atoms with Crippen LogP contribution in [0.1, 0.15) is 53.4 Å². The fourth-order valence-electron chi connectivity index (χ4n) is 4.28. The number of nitrogens with zero attached hydrogens (tertiary/aromatic N) is 1. The first-order valence-corrected chi connectivity index (χ1v) is 7.87. The minimum atomic E-state index is 0. The molecule has 2 rings (SSSR count). The van der Waals surface area contributed by atoms with Crippen molar-refractivity contribution in [3.05, 3.63) is 0 Å². The zero-order chi connectivity index (χ0) is 14.0. The van der Waals surface area contributed by atoms with Gasteiger partial charge < -0.3 is 10.2 Å². The molecule has 3 unspecified atom stereocenters. The van der Waals surface area contributed by atoms with Crippen molar-refractivity contribution in [3.8, 4) is 0 Å². The average molecular weight is 303 g/mol. The molecular formula is C16H31ClN2O. The molecule has 1 aliphatic carbocycles. The number of hydrogen-bond donors (Lipinski definition) is 1. The molecule has 0 aromatic rings. The number of carbonyl (C=O) groups is 1. The van der Waals surface area contributed by atoms with Gasteiger partial charge in [0.05, 0.1) is 0 Å². The molecule has 1 N–H and O–H groups in total. The molecule has 4 heteroatoms. The summed E-state index contributed by atoms with van der Waals surface area (Å²) >= 11 is 0. The molecule has 3 nitrogen and oxygen atoms in total. The number of rotatable bonds is 2. The van der Waals surface area contributed by atoms with Gasteiger partial charge in [0.2, 0.25) is 5.91 Å². The second-order valence-corrected chi connectivity index (χ2v) is 7.62. The van der Waals surface area contributed by atoms with E-state index in [4.69, 9.17) is 0 Å². The van der Waals surface area contributed by atoms with E-state index in [1.54, 1.807) is 0 Å². The highest BCUT2D eigenvalue weighted by molar-refractivity contribution is 5.85. The SMILES string of the molecule is CC1CC(CC(=O)N2CCNCC2C)CC(C)(C)C1.Cl. The largest absolute Gasteiger partial charge is 0.337 e. The van der Waals surface area contributed by atoms with E-state index in [-0.39, 0.29) is 12.4 Å². The van der Waals surface area contributed by atoms with Crippen molar-refractivity contribution < 1.29 is 4.79 Å². The van der Waals surface area contributed by atoms with Crippen molar-refractivity contribution in [2.45, 2.75) is 59.4 Å². The monoisotopic (exact) mass is 302 g/mol. The summed E-state index contributed by atoms with van der Waals surface area (Å²) in [5, 5.41) is 3.35. The van der Waals surface area contributed by atoms with E-state index >= 15 is 0 Å². The number of hydrogen-bond acceptors (Lipinski definition) is 2. The number of piperazine rings is 1. The van der Waals surface area contributed by atoms with Crippen molar-refractivity contribution in [2.24, 2.45) is 17.3 Å². The smallest absolute Gasteiger partial charge is 0.223 e. The molecule has 118 valence electrons. The molecule has 1 saturated heterocycles. The summed E-state index contributed by atoms with van der Waals surface area (Å²) in [6.07, 6.45) is 4.51. The normalized spacial score (nSPS) is 33.4. The second-order valence-electron chi connectivity index (χ2n) is 7.62. The van der Waals surface area contributed by atoms with E-state index in [1.165, 1.54) is 19.3 Å². The van der Waals surface area contributed by atoms with Crippen LogP contribution in [0.15, 0.2) is 0 Å². The van der Waals surface area contributed by atoms with Crippen molar-refractivity contribution >= 4 is 18.3 Å². The Morgan fingerprint density at radius 1 is 1.30 bits per heavy atom. The molecule has 0 aromatic carbocycles. The molecule has 1 heterocycles. The summed E-state index contributed by atoms with van der Waals surface area (Å²) in [5.74, 6) is 1.74. The van der Waals surface area contributed by atoms with Gasteiger partial charge in [0.1, 0.15) is 0 Å². The lowest BCUT2D eigenvalue weighted by Gasteiger charge is -2.40. The highest BCUT2D eigenvalue weighted by Crippen LogP contribution is 2.43. The molecule has 1 amide bonds. The second kappa shape index (κ2) is 7.13. The third-order valence-corrected chi connectivity index (χ3v) is 4.76. The van der Waals surface area contributed by atoms with Crippen LogP contribution in [0.4, 0.5) is 0 Å². The van der Waals surface area contributed by atoms with E-state index in [0.717, 1.165) is 32.0 Å². The Morgan fingerprint density at radius 3 is 2.60 bits per heavy atom. The van der Waals surface area contributed by atoms with Crippen molar-refractivity contribution in [2.75, 3.05) is 19.6 Å². The van der Waals surface area contributed by atoms with E-state index in [0.29, 0.717) is 23.3 Å². The summed E-state index contributed by atoms with van der Waals surface area (Å²) in [4.78, 5) is 14.6. The molecule has 0 bridgehead atoms. The lowest BCUT2D eigenvalue weighted by atomic mass is 9.67. The maximum Gasteiger partial charge on any atom is 0.223 e. The van der Waals surface area contributed by atoms with Gasteiger partial charge in [-0.15, -0.1) is 12.4 Å². The highest BCUT2D eigenvalue weighted by Gasteiger charge is 2.34. The first kappa shape index (κ1) is 17.8. The fraction of sp³-hybridized carbons (Fsp3) is 0.938. The highest BCUT2D eigenvalue weighted by atomic mass is 35.5. The Bertz CT molecular complexity index is 332. The topological polar surface area (TPSA) is 32.3 Å². The average Bonchev–Trinajstić information content (AvgIpc) is 2.26. The Balaban J connectivity index is 0.00000200. The first-order chi connectivity index (χ1) is 8.87. The van der Waals surface area contributed by atoms with Crippen LogP contribution in [0.3, 0.4) is 0 Å². The molecular weight excluding hydrogens is 272 g/mol. The van der Waals surface area contributed by atoms with Crippen LogP contribution < -0.4 is 5.32 Å². The van der Waals surface area contributed by atoms with Crippen molar-refractivity contribution in [3.63, 3.8) is 0 Å². The molecule has 0 aromatic heterocycles. The van der Waals surface area contributed by atoms with Crippen LogP contribution in [0.5, 0.6) is 0 Å². The number of amides is 1. The quantitative estimate of drug-likeness (QED) is 0.850. The van der Waals surface area contributed by atoms with Gasteiger partial charge >= 0.3 is 0 Å². The maximum absolute atomic E-state index is 12.5. The number of carbonyl (C=O) groups excluding carboxylic acids is 1. The minimum Gasteiger partial charge on any atom is -0.337 e. The first-order valence-electron chi connectivity index (χ1n) is 7.87. The van der Waals surface area contributed by atoms with Gasteiger partial charge in [-0.05, 0) is 43.4 Å². The van der Waals surface area contributed by atoms with Gasteiger partial charge in [-0.2, -0.15) is 0 Å². The third-order valence-electron chi connectivity index (χ3n) is 4.76. The van der Waals surface area contributed by atoms with Gasteiger partial charge in [-0.3, -0.25) is 4.79 Å². The van der Waals surface area contributed by atoms with Gasteiger partial charge in [-0.25, -0.2) is 0 Å². The zero-order valence-corrected chi connectivity index (χ0v) is 14.3. The van der Waals surface area contributed by atoms with Crippen molar-refractivity contribution in [1.29, 1.82) is 0 Å². The maximum atomic E-state index is 12.5. The summed E-state index contributed by atoms with van der Waals surface area (Å²) < 4.78 is 0. The Hall–Kier alpha value is -0.280. The Morgan fingerprint density at radius 2 is 2.00 bits per heavy atom. The van der Waals surface area contributed by atoms with E-state index in [1.807, 2.05) is 0 Å². The van der Waals surface area contributed by atoms with E-state index in [9.17, 15) is 4.79 Å². The molecule has 20 heavy (non-hydrogen) atoms. The fourth-order valence-corrected chi connectivity index (χ4v) is 4.28. The molecule has 1 saturated carbocycles. The van der Waals surface area contributed by atoms with Gasteiger partial charge in [-0.1, -0.05) is 20.8 Å². The lowest BCUT2D eigenvalue weighted by molar-refractivity contribution is -0.135. The summed E-state index contributed by atoms with van der Waals surface area (Å²) in [6, 6.07) is 0.357. The molecule has 0 radical (unpaired) electrons. The van der Waals surface area contributed by atoms with Crippen LogP contribution in [0.25, 0.3) is 0 Å². The summed E-state index contributed by atoms with van der Waals surface area (Å²) in [6.45, 7) is 12.0. The van der Waals surface area contributed by atoms with Gasteiger partial charge in [0, 0.05) is 32.1 Å². The minimum absolute atomic E-state index is 0. The standard InChI is InChI=1S/C16H30N2O.ClH/c1-12-7-14(10-16(3,4)9-12)8-15(19)18-6-5-17-11-13(18)2;/h12-14,17H,5-11H2,1-4H3;1H. The Labute approximate surface area is 130 Å². The van der Waals surface area contributed by atoms with Crippen LogP contribution in [-0.4, -0.2) is 36.5 Å². The third kappa shape index (κ3) is 4.63. The predicted molar refractivity (Wildman–Crippen MR) is 86.2 cm³/mol. The zero-order valence-electron chi connectivity index (χ0n) is 13.4. The molecule has 1 aliphatic heterocycles. The predicted octanol–water partition coefficient (Wildman–Crippen LogP) is 3.08. The van der Waals surface area contributed by atoms with Gasteiger partial charge in [0.15, 0.2) is 0 Å². The van der Waals surface area contributed by atoms with Crippen LogP contribution >= 0.6 is 12.4 Å². The summed E-state index contributed by atoms with van der Waals surface area (Å²) in [5.41, 5.74) is 0.414. The van der Waals surface area contributed by atoms with Crippen LogP contribution in [0.2, 0.25) is 0 Å². The molecule has 3 atom stereocenters. The van der Waals surface area contributed by atoms with E-state index < -0.39 is 0 Å². The van der Waals surface area contributed by atoms with Crippen LogP contribution in [-0.2, 0) is 4.79 Å².